The zero-order valence-electron chi connectivity index (χ0n) is 10.8. The Kier molecular flexibility index (Phi) is 3.53. The van der Waals surface area contributed by atoms with Gasteiger partial charge in [-0.25, -0.2) is 4.98 Å². The summed E-state index contributed by atoms with van der Waals surface area (Å²) >= 11 is 3.31. The van der Waals surface area contributed by atoms with Crippen molar-refractivity contribution < 1.29 is 9.53 Å². The minimum absolute atomic E-state index is 0.168. The number of fused-ring (bicyclic) bond motifs is 1. The summed E-state index contributed by atoms with van der Waals surface area (Å²) in [6.45, 7) is 0. The zero-order valence-corrected chi connectivity index (χ0v) is 12.4. The number of carbonyl (C=O) groups excluding carboxylic acids is 1. The SMILES string of the molecule is NC(=O)c1cc2ccccc2nc1Oc1cncc(Br)c1. The molecular weight excluding hydrogens is 334 g/mol. The fraction of sp³-hybridized carbons (Fsp3) is 0. The number of ether oxygens (including phenoxy) is 1. The number of pyridine rings is 2. The molecule has 3 rings (SSSR count). The first-order valence-corrected chi connectivity index (χ1v) is 6.91. The summed E-state index contributed by atoms with van der Waals surface area (Å²) in [5.74, 6) is 0.0435. The van der Waals surface area contributed by atoms with Gasteiger partial charge in [-0.1, -0.05) is 18.2 Å². The highest BCUT2D eigenvalue weighted by molar-refractivity contribution is 9.10. The number of benzene rings is 1. The fourth-order valence-corrected chi connectivity index (χ4v) is 2.26. The fourth-order valence-electron chi connectivity index (χ4n) is 1.91. The molecule has 3 aromatic rings. The Bertz CT molecular complexity index is 836. The average molecular weight is 344 g/mol. The summed E-state index contributed by atoms with van der Waals surface area (Å²) in [5, 5.41) is 0.825. The van der Waals surface area contributed by atoms with E-state index in [0.717, 1.165) is 15.4 Å². The molecule has 2 aromatic heterocycles. The number of primary amides is 1. The van der Waals surface area contributed by atoms with Crippen LogP contribution in [0.1, 0.15) is 10.4 Å². The van der Waals surface area contributed by atoms with Crippen LogP contribution in [0.2, 0.25) is 0 Å². The Hall–Kier alpha value is -2.47. The first-order valence-electron chi connectivity index (χ1n) is 6.11. The number of para-hydroxylation sites is 1. The highest BCUT2D eigenvalue weighted by Crippen LogP contribution is 2.27. The van der Waals surface area contributed by atoms with Gasteiger partial charge in [-0.05, 0) is 34.1 Å². The molecule has 6 heteroatoms. The Morgan fingerprint density at radius 3 is 2.76 bits per heavy atom. The lowest BCUT2D eigenvalue weighted by atomic mass is 10.1. The van der Waals surface area contributed by atoms with Crippen LogP contribution >= 0.6 is 15.9 Å². The van der Waals surface area contributed by atoms with Crippen LogP contribution in [0, 0.1) is 0 Å². The van der Waals surface area contributed by atoms with E-state index in [0.29, 0.717) is 5.75 Å². The van der Waals surface area contributed by atoms with Crippen LogP contribution in [0.25, 0.3) is 10.9 Å². The number of nitrogens with two attached hydrogens (primary N) is 1. The van der Waals surface area contributed by atoms with E-state index < -0.39 is 5.91 Å². The second-order valence-corrected chi connectivity index (χ2v) is 5.25. The summed E-state index contributed by atoms with van der Waals surface area (Å²) in [7, 11) is 0. The molecule has 2 heterocycles. The number of hydrogen-bond acceptors (Lipinski definition) is 4. The van der Waals surface area contributed by atoms with Crippen LogP contribution < -0.4 is 10.5 Å². The second kappa shape index (κ2) is 5.49. The molecule has 0 spiro atoms. The van der Waals surface area contributed by atoms with E-state index in [4.69, 9.17) is 10.5 Å². The highest BCUT2D eigenvalue weighted by Gasteiger charge is 2.14. The maximum absolute atomic E-state index is 11.6. The predicted octanol–water partition coefficient (Wildman–Crippen LogP) is 3.28. The van der Waals surface area contributed by atoms with Gasteiger partial charge in [-0.2, -0.15) is 0 Å². The Balaban J connectivity index is 2.11. The third kappa shape index (κ3) is 2.85. The number of aromatic nitrogens is 2. The minimum atomic E-state index is -0.591. The number of hydrogen-bond donors (Lipinski definition) is 1. The molecule has 1 amide bonds. The summed E-state index contributed by atoms with van der Waals surface area (Å²) in [6, 6.07) is 10.8. The Morgan fingerprint density at radius 1 is 1.19 bits per heavy atom. The van der Waals surface area contributed by atoms with Gasteiger partial charge in [-0.15, -0.1) is 0 Å². The molecule has 0 radical (unpaired) electrons. The lowest BCUT2D eigenvalue weighted by Crippen LogP contribution is -2.13. The van der Waals surface area contributed by atoms with E-state index in [1.165, 1.54) is 6.20 Å². The van der Waals surface area contributed by atoms with Gasteiger partial charge in [0.25, 0.3) is 5.91 Å². The molecule has 0 aliphatic rings. The second-order valence-electron chi connectivity index (χ2n) is 4.34. The quantitative estimate of drug-likeness (QED) is 0.791. The monoisotopic (exact) mass is 343 g/mol. The number of rotatable bonds is 3. The van der Waals surface area contributed by atoms with Crippen molar-refractivity contribution in [3.05, 3.63) is 58.8 Å². The molecule has 2 N–H and O–H groups in total. The van der Waals surface area contributed by atoms with Gasteiger partial charge in [0, 0.05) is 16.1 Å². The van der Waals surface area contributed by atoms with Crippen molar-refractivity contribution in [2.75, 3.05) is 0 Å². The van der Waals surface area contributed by atoms with Gasteiger partial charge in [0.2, 0.25) is 5.88 Å². The minimum Gasteiger partial charge on any atom is -0.436 e. The lowest BCUT2D eigenvalue weighted by molar-refractivity contribution is 0.0997. The standard InChI is InChI=1S/C15H10BrN3O2/c16-10-6-11(8-18-7-10)21-15-12(14(17)20)5-9-3-1-2-4-13(9)19-15/h1-8H,(H2,17,20). The molecule has 0 bridgehead atoms. The van der Waals surface area contributed by atoms with Crippen LogP contribution in [0.15, 0.2) is 53.3 Å². The first kappa shape index (κ1) is 13.5. The molecule has 0 saturated carbocycles. The maximum atomic E-state index is 11.6. The van der Waals surface area contributed by atoms with Gasteiger partial charge >= 0.3 is 0 Å². The molecule has 1 aromatic carbocycles. The van der Waals surface area contributed by atoms with Gasteiger partial charge in [0.1, 0.15) is 11.3 Å². The summed E-state index contributed by atoms with van der Waals surface area (Å²) in [4.78, 5) is 20.0. The zero-order chi connectivity index (χ0) is 14.8. The molecule has 21 heavy (non-hydrogen) atoms. The van der Waals surface area contributed by atoms with Crippen molar-refractivity contribution in [1.29, 1.82) is 0 Å². The Labute approximate surface area is 128 Å². The molecule has 0 fully saturated rings. The van der Waals surface area contributed by atoms with Gasteiger partial charge in [0.05, 0.1) is 11.7 Å². The third-order valence-corrected chi connectivity index (χ3v) is 3.28. The molecule has 104 valence electrons. The van der Waals surface area contributed by atoms with Crippen molar-refractivity contribution in [2.24, 2.45) is 5.73 Å². The molecule has 0 unspecified atom stereocenters. The number of nitrogens with zero attached hydrogens (tertiary/aromatic N) is 2. The van der Waals surface area contributed by atoms with E-state index in [1.807, 2.05) is 24.3 Å². The number of carbonyl (C=O) groups is 1. The van der Waals surface area contributed by atoms with E-state index in [2.05, 4.69) is 25.9 Å². The van der Waals surface area contributed by atoms with Crippen LogP contribution in [0.5, 0.6) is 11.6 Å². The molecule has 0 saturated heterocycles. The van der Waals surface area contributed by atoms with Crippen molar-refractivity contribution in [2.45, 2.75) is 0 Å². The van der Waals surface area contributed by atoms with Crippen molar-refractivity contribution in [3.8, 4) is 11.6 Å². The molecule has 0 atom stereocenters. The third-order valence-electron chi connectivity index (χ3n) is 2.85. The van der Waals surface area contributed by atoms with E-state index in [9.17, 15) is 4.79 Å². The Morgan fingerprint density at radius 2 is 2.00 bits per heavy atom. The van der Waals surface area contributed by atoms with Crippen molar-refractivity contribution >= 4 is 32.7 Å². The first-order chi connectivity index (χ1) is 10.1. The van der Waals surface area contributed by atoms with Crippen LogP contribution in [-0.2, 0) is 0 Å². The van der Waals surface area contributed by atoms with E-state index >= 15 is 0 Å². The lowest BCUT2D eigenvalue weighted by Gasteiger charge is -2.09. The van der Waals surface area contributed by atoms with Crippen LogP contribution in [-0.4, -0.2) is 15.9 Å². The molecule has 0 aliphatic heterocycles. The predicted molar refractivity (Wildman–Crippen MR) is 82.3 cm³/mol. The molecular formula is C15H10BrN3O2. The van der Waals surface area contributed by atoms with Crippen LogP contribution in [0.3, 0.4) is 0 Å². The van der Waals surface area contributed by atoms with Crippen molar-refractivity contribution in [3.63, 3.8) is 0 Å². The molecule has 5 nitrogen and oxygen atoms in total. The van der Waals surface area contributed by atoms with Crippen molar-refractivity contribution in [1.82, 2.24) is 9.97 Å². The smallest absolute Gasteiger partial charge is 0.254 e. The van der Waals surface area contributed by atoms with Gasteiger partial charge < -0.3 is 10.5 Å². The highest BCUT2D eigenvalue weighted by atomic mass is 79.9. The van der Waals surface area contributed by atoms with Crippen LogP contribution in [0.4, 0.5) is 0 Å². The van der Waals surface area contributed by atoms with Gasteiger partial charge in [0.15, 0.2) is 0 Å². The summed E-state index contributed by atoms with van der Waals surface area (Å²) in [5.41, 5.74) is 6.36. The largest absolute Gasteiger partial charge is 0.436 e. The van der Waals surface area contributed by atoms with E-state index in [1.54, 1.807) is 18.3 Å². The maximum Gasteiger partial charge on any atom is 0.254 e. The van der Waals surface area contributed by atoms with E-state index in [-0.39, 0.29) is 11.4 Å². The van der Waals surface area contributed by atoms with Gasteiger partial charge in [-0.3, -0.25) is 9.78 Å². The number of halogens is 1. The normalized spacial score (nSPS) is 10.5. The topological polar surface area (TPSA) is 78.1 Å². The average Bonchev–Trinajstić information content (AvgIpc) is 2.46. The molecule has 0 aliphatic carbocycles. The summed E-state index contributed by atoms with van der Waals surface area (Å²) < 4.78 is 6.42. The number of amides is 1. The summed E-state index contributed by atoms with van der Waals surface area (Å²) in [6.07, 6.45) is 3.17.